The molecule has 0 aliphatic carbocycles. The number of phenolic OH excluding ortho intramolecular Hbond substituents is 1. The smallest absolute Gasteiger partial charge is 0.221 e. The van der Waals surface area contributed by atoms with Gasteiger partial charge in [-0.3, -0.25) is 0 Å². The third-order valence-corrected chi connectivity index (χ3v) is 1.84. The average molecular weight is 177 g/mol. The third-order valence-electron chi connectivity index (χ3n) is 1.84. The summed E-state index contributed by atoms with van der Waals surface area (Å²) in [5, 5.41) is 24.6. The van der Waals surface area contributed by atoms with E-state index in [0.29, 0.717) is 21.3 Å². The molecule has 0 aliphatic heterocycles. The topological polar surface area (TPSA) is 86.1 Å². The lowest BCUT2D eigenvalue weighted by Gasteiger charge is -2.01. The fourth-order valence-corrected chi connectivity index (χ4v) is 1.18. The number of aromatic nitrogens is 2. The molecule has 2 aromatic rings. The SMILES string of the molecule is Nc1ccc(O)c2c[n+]([O-])ncc12. The van der Waals surface area contributed by atoms with Crippen LogP contribution in [0.4, 0.5) is 5.69 Å². The first-order valence-corrected chi connectivity index (χ1v) is 3.65. The van der Waals surface area contributed by atoms with Crippen molar-refractivity contribution >= 4 is 16.5 Å². The van der Waals surface area contributed by atoms with E-state index >= 15 is 0 Å². The van der Waals surface area contributed by atoms with E-state index in [9.17, 15) is 10.3 Å². The minimum Gasteiger partial charge on any atom is -0.594 e. The summed E-state index contributed by atoms with van der Waals surface area (Å²) in [5.41, 5.74) is 6.10. The van der Waals surface area contributed by atoms with Gasteiger partial charge in [-0.1, -0.05) is 4.85 Å². The Balaban J connectivity index is 2.92. The molecule has 0 spiro atoms. The minimum absolute atomic E-state index is 0.0243. The molecule has 13 heavy (non-hydrogen) atoms. The van der Waals surface area contributed by atoms with Gasteiger partial charge < -0.3 is 16.0 Å². The molecular formula is C8H7N3O2. The van der Waals surface area contributed by atoms with Crippen LogP contribution in [0.25, 0.3) is 10.8 Å². The lowest BCUT2D eigenvalue weighted by atomic mass is 10.1. The van der Waals surface area contributed by atoms with Gasteiger partial charge in [-0.15, -0.1) is 0 Å². The van der Waals surface area contributed by atoms with Crippen molar-refractivity contribution in [1.82, 2.24) is 5.10 Å². The van der Waals surface area contributed by atoms with E-state index in [0.717, 1.165) is 0 Å². The van der Waals surface area contributed by atoms with E-state index in [-0.39, 0.29) is 5.75 Å². The minimum atomic E-state index is 0.0243. The fourth-order valence-electron chi connectivity index (χ4n) is 1.18. The first-order valence-electron chi connectivity index (χ1n) is 3.65. The van der Waals surface area contributed by atoms with E-state index in [1.165, 1.54) is 18.5 Å². The van der Waals surface area contributed by atoms with Crippen LogP contribution in [-0.4, -0.2) is 10.2 Å². The third kappa shape index (κ3) is 1.10. The molecule has 0 amide bonds. The van der Waals surface area contributed by atoms with Crippen molar-refractivity contribution in [2.24, 2.45) is 0 Å². The summed E-state index contributed by atoms with van der Waals surface area (Å²) in [6.45, 7) is 0. The van der Waals surface area contributed by atoms with Crippen LogP contribution < -0.4 is 10.6 Å². The van der Waals surface area contributed by atoms with Crippen LogP contribution in [0.5, 0.6) is 5.75 Å². The molecule has 0 bridgehead atoms. The highest BCUT2D eigenvalue weighted by Crippen LogP contribution is 2.26. The fraction of sp³-hybridized carbons (Fsp3) is 0. The second-order valence-corrected chi connectivity index (χ2v) is 2.68. The number of phenols is 1. The summed E-state index contributed by atoms with van der Waals surface area (Å²) in [6.07, 6.45) is 2.51. The molecule has 0 unspecified atom stereocenters. The number of nitrogens with two attached hydrogens (primary N) is 1. The molecule has 0 radical (unpaired) electrons. The number of nitrogens with zero attached hydrogens (tertiary/aromatic N) is 2. The first-order chi connectivity index (χ1) is 6.18. The van der Waals surface area contributed by atoms with E-state index in [2.05, 4.69) is 5.10 Å². The number of benzene rings is 1. The number of hydrogen-bond acceptors (Lipinski definition) is 4. The van der Waals surface area contributed by atoms with E-state index in [4.69, 9.17) is 5.73 Å². The van der Waals surface area contributed by atoms with Gasteiger partial charge in [0.2, 0.25) is 6.20 Å². The standard InChI is InChI=1S/C8H7N3O2/c9-7-1-2-8(12)6-4-11(13)10-3-5(6)7/h1-4,12H,9H2. The molecular weight excluding hydrogens is 170 g/mol. The molecule has 5 heteroatoms. The Kier molecular flexibility index (Phi) is 1.45. The van der Waals surface area contributed by atoms with Gasteiger partial charge in [0.05, 0.1) is 5.39 Å². The lowest BCUT2D eigenvalue weighted by molar-refractivity contribution is -0.667. The zero-order valence-corrected chi connectivity index (χ0v) is 6.64. The number of nitrogen functional groups attached to an aromatic ring is 1. The summed E-state index contributed by atoms with van der Waals surface area (Å²) < 4.78 is 0. The maximum absolute atomic E-state index is 10.8. The van der Waals surface area contributed by atoms with Gasteiger partial charge in [0.1, 0.15) is 11.9 Å². The molecule has 0 atom stereocenters. The number of fused-ring (bicyclic) bond motifs is 1. The molecule has 0 saturated carbocycles. The quantitative estimate of drug-likeness (QED) is 0.259. The van der Waals surface area contributed by atoms with Gasteiger partial charge in [0.25, 0.3) is 0 Å². The van der Waals surface area contributed by atoms with Crippen LogP contribution in [0.15, 0.2) is 24.5 Å². The largest absolute Gasteiger partial charge is 0.594 e. The number of aromatic hydroxyl groups is 1. The Labute approximate surface area is 73.6 Å². The summed E-state index contributed by atoms with van der Waals surface area (Å²) in [5.74, 6) is 0.0243. The molecule has 0 fully saturated rings. The predicted molar refractivity (Wildman–Crippen MR) is 46.8 cm³/mol. The molecule has 2 rings (SSSR count). The van der Waals surface area contributed by atoms with Crippen LogP contribution >= 0.6 is 0 Å². The molecule has 3 N–H and O–H groups in total. The number of anilines is 1. The summed E-state index contributed by atoms with van der Waals surface area (Å²) >= 11 is 0. The monoisotopic (exact) mass is 177 g/mol. The Morgan fingerprint density at radius 2 is 2.15 bits per heavy atom. The van der Waals surface area contributed by atoms with Crippen molar-refractivity contribution < 1.29 is 9.95 Å². The van der Waals surface area contributed by atoms with Crippen LogP contribution in [-0.2, 0) is 0 Å². The Morgan fingerprint density at radius 1 is 1.38 bits per heavy atom. The van der Waals surface area contributed by atoms with Crippen molar-refractivity contribution in [1.29, 1.82) is 0 Å². The molecule has 66 valence electrons. The Morgan fingerprint density at radius 3 is 2.92 bits per heavy atom. The summed E-state index contributed by atoms with van der Waals surface area (Å²) in [4.78, 5) is 0.376. The van der Waals surface area contributed by atoms with Gasteiger partial charge >= 0.3 is 0 Å². The zero-order chi connectivity index (χ0) is 9.42. The molecule has 5 nitrogen and oxygen atoms in total. The highest BCUT2D eigenvalue weighted by atomic mass is 16.5. The maximum Gasteiger partial charge on any atom is 0.221 e. The average Bonchev–Trinajstić information content (AvgIpc) is 2.12. The van der Waals surface area contributed by atoms with Crippen molar-refractivity contribution in [3.05, 3.63) is 29.7 Å². The molecule has 1 heterocycles. The maximum atomic E-state index is 10.8. The lowest BCUT2D eigenvalue weighted by Crippen LogP contribution is -2.29. The molecule has 1 aromatic heterocycles. The van der Waals surface area contributed by atoms with Crippen LogP contribution in [0.2, 0.25) is 0 Å². The van der Waals surface area contributed by atoms with E-state index in [1.807, 2.05) is 0 Å². The van der Waals surface area contributed by atoms with Gasteiger partial charge in [0.15, 0.2) is 0 Å². The van der Waals surface area contributed by atoms with Crippen molar-refractivity contribution in [2.75, 3.05) is 5.73 Å². The van der Waals surface area contributed by atoms with Crippen molar-refractivity contribution in [3.63, 3.8) is 0 Å². The molecule has 1 aromatic carbocycles. The highest BCUT2D eigenvalue weighted by molar-refractivity contribution is 5.95. The van der Waals surface area contributed by atoms with Crippen LogP contribution in [0, 0.1) is 5.21 Å². The molecule has 0 saturated heterocycles. The second-order valence-electron chi connectivity index (χ2n) is 2.68. The second kappa shape index (κ2) is 2.48. The predicted octanol–water partition coefficient (Wildman–Crippen LogP) is 0.156. The summed E-state index contributed by atoms with van der Waals surface area (Å²) in [7, 11) is 0. The first kappa shape index (κ1) is 7.60. The van der Waals surface area contributed by atoms with Crippen molar-refractivity contribution in [3.8, 4) is 5.75 Å². The summed E-state index contributed by atoms with van der Waals surface area (Å²) in [6, 6.07) is 3.01. The van der Waals surface area contributed by atoms with Crippen LogP contribution in [0.1, 0.15) is 0 Å². The number of rotatable bonds is 0. The van der Waals surface area contributed by atoms with Gasteiger partial charge in [-0.05, 0) is 12.1 Å². The van der Waals surface area contributed by atoms with Gasteiger partial charge in [0, 0.05) is 16.2 Å². The van der Waals surface area contributed by atoms with E-state index < -0.39 is 0 Å². The normalized spacial score (nSPS) is 10.5. The number of hydrogen-bond donors (Lipinski definition) is 2. The molecule has 0 aliphatic rings. The Hall–Kier alpha value is -2.04. The zero-order valence-electron chi connectivity index (χ0n) is 6.64. The van der Waals surface area contributed by atoms with Crippen LogP contribution in [0.3, 0.4) is 0 Å². The van der Waals surface area contributed by atoms with Crippen molar-refractivity contribution in [2.45, 2.75) is 0 Å². The van der Waals surface area contributed by atoms with Gasteiger partial charge in [-0.25, -0.2) is 0 Å². The van der Waals surface area contributed by atoms with E-state index in [1.54, 1.807) is 6.07 Å². The Bertz CT molecular complexity index is 470. The van der Waals surface area contributed by atoms with Gasteiger partial charge in [-0.2, -0.15) is 0 Å². The highest BCUT2D eigenvalue weighted by Gasteiger charge is 2.06.